The van der Waals surface area contributed by atoms with E-state index in [-0.39, 0.29) is 11.8 Å². The molecule has 0 aliphatic carbocycles. The SMILES string of the molecule is O=Cc1cc(C2CCC(=O)NC2=O)c2[nH]ccc2c1. The Kier molecular flexibility index (Phi) is 2.67. The molecule has 2 amide bonds. The maximum atomic E-state index is 11.9. The van der Waals surface area contributed by atoms with E-state index in [2.05, 4.69) is 10.3 Å². The van der Waals surface area contributed by atoms with E-state index >= 15 is 0 Å². The number of hydrogen-bond acceptors (Lipinski definition) is 3. The third-order valence-corrected chi connectivity index (χ3v) is 3.46. The number of fused-ring (bicyclic) bond motifs is 1. The lowest BCUT2D eigenvalue weighted by atomic mass is 9.88. The average molecular weight is 256 g/mol. The maximum Gasteiger partial charge on any atom is 0.234 e. The molecular weight excluding hydrogens is 244 g/mol. The first-order valence-electron chi connectivity index (χ1n) is 6.09. The van der Waals surface area contributed by atoms with E-state index in [1.54, 1.807) is 18.3 Å². The van der Waals surface area contributed by atoms with Crippen LogP contribution in [0.1, 0.15) is 34.7 Å². The predicted octanol–water partition coefficient (Wildman–Crippen LogP) is 1.50. The number of aromatic amines is 1. The molecule has 96 valence electrons. The van der Waals surface area contributed by atoms with Crippen molar-refractivity contribution in [2.75, 3.05) is 0 Å². The van der Waals surface area contributed by atoms with Gasteiger partial charge < -0.3 is 4.98 Å². The molecule has 5 heteroatoms. The quantitative estimate of drug-likeness (QED) is 0.631. The zero-order valence-electron chi connectivity index (χ0n) is 10.1. The zero-order valence-corrected chi connectivity index (χ0v) is 10.1. The second-order valence-electron chi connectivity index (χ2n) is 4.67. The third kappa shape index (κ3) is 1.93. The number of carbonyl (C=O) groups excluding carboxylic acids is 3. The molecule has 0 spiro atoms. The molecule has 2 N–H and O–H groups in total. The molecule has 0 bridgehead atoms. The predicted molar refractivity (Wildman–Crippen MR) is 68.8 cm³/mol. The second-order valence-corrected chi connectivity index (χ2v) is 4.67. The van der Waals surface area contributed by atoms with Crippen molar-refractivity contribution in [1.29, 1.82) is 0 Å². The molecule has 1 fully saturated rings. The van der Waals surface area contributed by atoms with Crippen LogP contribution in [0, 0.1) is 0 Å². The first kappa shape index (κ1) is 11.6. The normalized spacial score (nSPS) is 19.5. The van der Waals surface area contributed by atoms with Crippen LogP contribution in [0.15, 0.2) is 24.4 Å². The number of carbonyl (C=O) groups is 3. The number of amides is 2. The van der Waals surface area contributed by atoms with Gasteiger partial charge in [0.05, 0.1) is 5.92 Å². The van der Waals surface area contributed by atoms with Crippen LogP contribution in [0.2, 0.25) is 0 Å². The molecule has 19 heavy (non-hydrogen) atoms. The van der Waals surface area contributed by atoms with Gasteiger partial charge in [-0.1, -0.05) is 0 Å². The van der Waals surface area contributed by atoms with Crippen molar-refractivity contribution in [1.82, 2.24) is 10.3 Å². The summed E-state index contributed by atoms with van der Waals surface area (Å²) in [7, 11) is 0. The van der Waals surface area contributed by atoms with Crippen molar-refractivity contribution in [2.24, 2.45) is 0 Å². The second kappa shape index (κ2) is 4.35. The molecular formula is C14H12N2O3. The van der Waals surface area contributed by atoms with Gasteiger partial charge in [0.15, 0.2) is 0 Å². The highest BCUT2D eigenvalue weighted by Crippen LogP contribution is 2.31. The fraction of sp³-hybridized carbons (Fsp3) is 0.214. The van der Waals surface area contributed by atoms with Crippen LogP contribution in [0.25, 0.3) is 10.9 Å². The lowest BCUT2D eigenvalue weighted by Crippen LogP contribution is -2.39. The molecule has 1 unspecified atom stereocenters. The van der Waals surface area contributed by atoms with E-state index in [1.807, 2.05) is 6.07 Å². The molecule has 1 aliphatic heterocycles. The molecule has 5 nitrogen and oxygen atoms in total. The third-order valence-electron chi connectivity index (χ3n) is 3.46. The summed E-state index contributed by atoms with van der Waals surface area (Å²) in [6.07, 6.45) is 3.33. The van der Waals surface area contributed by atoms with Crippen LogP contribution in [-0.2, 0) is 9.59 Å². The molecule has 2 heterocycles. The van der Waals surface area contributed by atoms with Gasteiger partial charge in [-0.25, -0.2) is 0 Å². The van der Waals surface area contributed by atoms with Crippen molar-refractivity contribution < 1.29 is 14.4 Å². The lowest BCUT2D eigenvalue weighted by molar-refractivity contribution is -0.134. The Hall–Kier alpha value is -2.43. The van der Waals surface area contributed by atoms with Crippen molar-refractivity contribution >= 4 is 29.0 Å². The first-order chi connectivity index (χ1) is 9.19. The lowest BCUT2D eigenvalue weighted by Gasteiger charge is -2.21. The minimum absolute atomic E-state index is 0.240. The van der Waals surface area contributed by atoms with Crippen LogP contribution < -0.4 is 5.32 Å². The topological polar surface area (TPSA) is 79.0 Å². The summed E-state index contributed by atoms with van der Waals surface area (Å²) in [5.41, 5.74) is 2.15. The van der Waals surface area contributed by atoms with Crippen molar-refractivity contribution in [3.8, 4) is 0 Å². The van der Waals surface area contributed by atoms with E-state index in [0.29, 0.717) is 18.4 Å². The zero-order chi connectivity index (χ0) is 13.4. The fourth-order valence-electron chi connectivity index (χ4n) is 2.56. The van der Waals surface area contributed by atoms with E-state index in [4.69, 9.17) is 0 Å². The number of aldehydes is 1. The Morgan fingerprint density at radius 2 is 2.11 bits per heavy atom. The number of imide groups is 1. The standard InChI is InChI=1S/C14H12N2O3/c17-7-8-5-9-3-4-15-13(9)11(6-8)10-1-2-12(18)16-14(10)19/h3-7,10,15H,1-2H2,(H,16,18,19). The summed E-state index contributed by atoms with van der Waals surface area (Å²) in [6, 6.07) is 5.35. The maximum absolute atomic E-state index is 11.9. The van der Waals surface area contributed by atoms with Crippen molar-refractivity contribution in [3.63, 3.8) is 0 Å². The smallest absolute Gasteiger partial charge is 0.234 e. The summed E-state index contributed by atoms with van der Waals surface area (Å²) >= 11 is 0. The van der Waals surface area contributed by atoms with Crippen molar-refractivity contribution in [2.45, 2.75) is 18.8 Å². The number of rotatable bonds is 2. The summed E-state index contributed by atoms with van der Waals surface area (Å²) < 4.78 is 0. The number of hydrogen-bond donors (Lipinski definition) is 2. The van der Waals surface area contributed by atoms with E-state index < -0.39 is 5.92 Å². The van der Waals surface area contributed by atoms with Crippen LogP contribution in [0.3, 0.4) is 0 Å². The molecule has 1 saturated heterocycles. The minimum Gasteiger partial charge on any atom is -0.361 e. The van der Waals surface area contributed by atoms with Crippen LogP contribution in [-0.4, -0.2) is 23.1 Å². The number of aromatic nitrogens is 1. The number of nitrogens with one attached hydrogen (secondary N) is 2. The van der Waals surface area contributed by atoms with Gasteiger partial charge in [-0.15, -0.1) is 0 Å². The van der Waals surface area contributed by atoms with Crippen molar-refractivity contribution in [3.05, 3.63) is 35.5 Å². The van der Waals surface area contributed by atoms with E-state index in [9.17, 15) is 14.4 Å². The number of H-pyrrole nitrogens is 1. The van der Waals surface area contributed by atoms with E-state index in [1.165, 1.54) is 0 Å². The Balaban J connectivity index is 2.13. The van der Waals surface area contributed by atoms with Gasteiger partial charge >= 0.3 is 0 Å². The Morgan fingerprint density at radius 3 is 2.84 bits per heavy atom. The summed E-state index contributed by atoms with van der Waals surface area (Å²) in [4.78, 5) is 37.2. The summed E-state index contributed by atoms with van der Waals surface area (Å²) in [5.74, 6) is -0.926. The molecule has 0 saturated carbocycles. The van der Waals surface area contributed by atoms with Gasteiger partial charge in [0.2, 0.25) is 11.8 Å². The molecule has 2 aromatic rings. The fourth-order valence-corrected chi connectivity index (χ4v) is 2.56. The molecule has 0 radical (unpaired) electrons. The minimum atomic E-state index is -0.390. The van der Waals surface area contributed by atoms with Gasteiger partial charge in [0.25, 0.3) is 0 Å². The largest absolute Gasteiger partial charge is 0.361 e. The molecule has 1 aromatic heterocycles. The average Bonchev–Trinajstić information content (AvgIpc) is 2.86. The number of benzene rings is 1. The van der Waals surface area contributed by atoms with Gasteiger partial charge in [0, 0.05) is 29.1 Å². The molecule has 3 rings (SSSR count). The van der Waals surface area contributed by atoms with Gasteiger partial charge in [0.1, 0.15) is 6.29 Å². The Bertz CT molecular complexity index is 687. The first-order valence-corrected chi connectivity index (χ1v) is 6.09. The summed E-state index contributed by atoms with van der Waals surface area (Å²) in [6.45, 7) is 0. The van der Waals surface area contributed by atoms with Crippen LogP contribution in [0.4, 0.5) is 0 Å². The van der Waals surface area contributed by atoms with E-state index in [0.717, 1.165) is 22.8 Å². The number of piperidine rings is 1. The highest BCUT2D eigenvalue weighted by atomic mass is 16.2. The Labute approximate surface area is 109 Å². The molecule has 1 aliphatic rings. The Morgan fingerprint density at radius 1 is 1.26 bits per heavy atom. The highest BCUT2D eigenvalue weighted by molar-refractivity contribution is 6.03. The van der Waals surface area contributed by atoms with Gasteiger partial charge in [-0.2, -0.15) is 0 Å². The van der Waals surface area contributed by atoms with Gasteiger partial charge in [-0.05, 0) is 30.2 Å². The summed E-state index contributed by atoms with van der Waals surface area (Å²) in [5, 5.41) is 3.23. The highest BCUT2D eigenvalue weighted by Gasteiger charge is 2.29. The monoisotopic (exact) mass is 256 g/mol. The molecule has 1 atom stereocenters. The van der Waals surface area contributed by atoms with Crippen LogP contribution in [0.5, 0.6) is 0 Å². The van der Waals surface area contributed by atoms with Crippen LogP contribution >= 0.6 is 0 Å². The molecule has 1 aromatic carbocycles. The van der Waals surface area contributed by atoms with Gasteiger partial charge in [-0.3, -0.25) is 19.7 Å².